The largest absolute Gasteiger partial charge is 0.478 e. The highest BCUT2D eigenvalue weighted by Crippen LogP contribution is 2.31. The molecule has 0 saturated heterocycles. The van der Waals surface area contributed by atoms with Crippen molar-refractivity contribution in [1.29, 1.82) is 0 Å². The molecular formula is C11H7N5O2S. The molecule has 19 heavy (non-hydrogen) atoms. The van der Waals surface area contributed by atoms with Gasteiger partial charge in [-0.25, -0.2) is 19.7 Å². The van der Waals surface area contributed by atoms with Crippen LogP contribution in [0, 0.1) is 0 Å². The van der Waals surface area contributed by atoms with Gasteiger partial charge in [-0.3, -0.25) is 4.98 Å². The summed E-state index contributed by atoms with van der Waals surface area (Å²) >= 11 is 1.21. The summed E-state index contributed by atoms with van der Waals surface area (Å²) in [7, 11) is 0. The third-order valence-electron chi connectivity index (χ3n) is 2.41. The lowest BCUT2D eigenvalue weighted by Crippen LogP contribution is -1.99. The molecule has 0 aliphatic heterocycles. The van der Waals surface area contributed by atoms with E-state index in [0.717, 1.165) is 0 Å². The van der Waals surface area contributed by atoms with Gasteiger partial charge in [0.2, 0.25) is 0 Å². The predicted molar refractivity (Wildman–Crippen MR) is 67.0 cm³/mol. The molecule has 3 aromatic rings. The van der Waals surface area contributed by atoms with Gasteiger partial charge in [-0.1, -0.05) is 11.8 Å². The van der Waals surface area contributed by atoms with Gasteiger partial charge in [-0.15, -0.1) is 0 Å². The van der Waals surface area contributed by atoms with Crippen LogP contribution in [0.4, 0.5) is 0 Å². The number of aromatic amines is 1. The van der Waals surface area contributed by atoms with Crippen LogP contribution in [0.3, 0.4) is 0 Å². The van der Waals surface area contributed by atoms with E-state index >= 15 is 0 Å². The average molecular weight is 273 g/mol. The number of nitrogens with zero attached hydrogens (tertiary/aromatic N) is 4. The summed E-state index contributed by atoms with van der Waals surface area (Å²) in [5.41, 5.74) is 1.40. The molecule has 0 bridgehead atoms. The normalized spacial score (nSPS) is 10.7. The number of nitrogens with one attached hydrogen (secondary N) is 1. The van der Waals surface area contributed by atoms with Gasteiger partial charge < -0.3 is 10.1 Å². The lowest BCUT2D eigenvalue weighted by atomic mass is 10.3. The van der Waals surface area contributed by atoms with Gasteiger partial charge in [0, 0.05) is 17.3 Å². The summed E-state index contributed by atoms with van der Waals surface area (Å²) in [6, 6.07) is 1.45. The van der Waals surface area contributed by atoms with Gasteiger partial charge in [-0.05, 0) is 6.07 Å². The zero-order chi connectivity index (χ0) is 13.2. The van der Waals surface area contributed by atoms with E-state index in [9.17, 15) is 4.79 Å². The third-order valence-corrected chi connectivity index (χ3v) is 3.46. The maximum atomic E-state index is 11.1. The maximum Gasteiger partial charge on any atom is 0.336 e. The minimum atomic E-state index is -1.00. The quantitative estimate of drug-likeness (QED) is 0.698. The Labute approximate surface area is 111 Å². The van der Waals surface area contributed by atoms with Crippen LogP contribution in [0.15, 0.2) is 41.0 Å². The molecule has 8 heteroatoms. The van der Waals surface area contributed by atoms with E-state index in [1.165, 1.54) is 42.9 Å². The summed E-state index contributed by atoms with van der Waals surface area (Å²) in [6.45, 7) is 0. The Bertz CT molecular complexity index is 757. The first kappa shape index (κ1) is 11.6. The first-order valence-corrected chi connectivity index (χ1v) is 6.06. The van der Waals surface area contributed by atoms with Crippen LogP contribution in [0.5, 0.6) is 0 Å². The van der Waals surface area contributed by atoms with Gasteiger partial charge in [-0.2, -0.15) is 0 Å². The first-order chi connectivity index (χ1) is 9.25. The van der Waals surface area contributed by atoms with Crippen molar-refractivity contribution in [1.82, 2.24) is 24.9 Å². The molecule has 0 aromatic carbocycles. The van der Waals surface area contributed by atoms with Gasteiger partial charge in [0.1, 0.15) is 16.9 Å². The van der Waals surface area contributed by atoms with Crippen LogP contribution in [0.25, 0.3) is 11.2 Å². The Balaban J connectivity index is 2.06. The Kier molecular flexibility index (Phi) is 2.84. The van der Waals surface area contributed by atoms with Crippen molar-refractivity contribution < 1.29 is 9.90 Å². The summed E-state index contributed by atoms with van der Waals surface area (Å²) in [5.74, 6) is -1.00. The zero-order valence-corrected chi connectivity index (χ0v) is 10.3. The Hall–Kier alpha value is -2.48. The van der Waals surface area contributed by atoms with Crippen molar-refractivity contribution in [2.75, 3.05) is 0 Å². The highest BCUT2D eigenvalue weighted by atomic mass is 32.2. The van der Waals surface area contributed by atoms with E-state index in [1.807, 2.05) is 0 Å². The second-order valence-electron chi connectivity index (χ2n) is 3.56. The molecule has 3 heterocycles. The first-order valence-electron chi connectivity index (χ1n) is 5.25. The topological polar surface area (TPSA) is 105 Å². The van der Waals surface area contributed by atoms with E-state index in [4.69, 9.17) is 5.11 Å². The summed E-state index contributed by atoms with van der Waals surface area (Å²) in [6.07, 6.45) is 5.85. The molecule has 2 N–H and O–H groups in total. The highest BCUT2D eigenvalue weighted by molar-refractivity contribution is 7.99. The van der Waals surface area contributed by atoms with Crippen LogP contribution in [0.2, 0.25) is 0 Å². The van der Waals surface area contributed by atoms with Crippen molar-refractivity contribution in [3.8, 4) is 0 Å². The van der Waals surface area contributed by atoms with E-state index < -0.39 is 5.97 Å². The van der Waals surface area contributed by atoms with Crippen molar-refractivity contribution >= 4 is 28.9 Å². The van der Waals surface area contributed by atoms with Gasteiger partial charge in [0.05, 0.1) is 11.9 Å². The van der Waals surface area contributed by atoms with Crippen molar-refractivity contribution in [3.63, 3.8) is 0 Å². The second-order valence-corrected chi connectivity index (χ2v) is 4.59. The molecular weight excluding hydrogens is 266 g/mol. The minimum absolute atomic E-state index is 0.186. The second kappa shape index (κ2) is 4.65. The molecule has 94 valence electrons. The summed E-state index contributed by atoms with van der Waals surface area (Å²) in [5, 5.41) is 9.73. The number of imidazole rings is 1. The summed E-state index contributed by atoms with van der Waals surface area (Å²) < 4.78 is 0. The van der Waals surface area contributed by atoms with Crippen molar-refractivity contribution in [3.05, 3.63) is 36.7 Å². The maximum absolute atomic E-state index is 11.1. The highest BCUT2D eigenvalue weighted by Gasteiger charge is 2.14. The minimum Gasteiger partial charge on any atom is -0.478 e. The van der Waals surface area contributed by atoms with Gasteiger partial charge in [0.25, 0.3) is 0 Å². The van der Waals surface area contributed by atoms with Crippen molar-refractivity contribution in [2.24, 2.45) is 0 Å². The Morgan fingerprint density at radius 2 is 2.21 bits per heavy atom. The smallest absolute Gasteiger partial charge is 0.336 e. The number of hydrogen-bond donors (Lipinski definition) is 2. The lowest BCUT2D eigenvalue weighted by molar-refractivity contribution is 0.0693. The van der Waals surface area contributed by atoms with Gasteiger partial charge >= 0.3 is 5.97 Å². The molecule has 7 nitrogen and oxygen atoms in total. The molecule has 0 radical (unpaired) electrons. The van der Waals surface area contributed by atoms with Crippen LogP contribution >= 0.6 is 11.8 Å². The molecule has 0 aliphatic carbocycles. The number of fused-ring (bicyclic) bond motifs is 1. The van der Waals surface area contributed by atoms with E-state index in [0.29, 0.717) is 21.1 Å². The number of carbonyl (C=O) groups is 1. The third kappa shape index (κ3) is 2.13. The summed E-state index contributed by atoms with van der Waals surface area (Å²) in [4.78, 5) is 30.7. The van der Waals surface area contributed by atoms with Gasteiger partial charge in [0.15, 0.2) is 5.65 Å². The van der Waals surface area contributed by atoms with E-state index in [-0.39, 0.29) is 5.56 Å². The fourth-order valence-electron chi connectivity index (χ4n) is 1.56. The number of hydrogen-bond acceptors (Lipinski definition) is 6. The zero-order valence-electron chi connectivity index (χ0n) is 9.44. The number of carboxylic acids is 1. The number of H-pyrrole nitrogens is 1. The SMILES string of the molecule is O=C(O)c1ccncc1Sc1ncnc2nc[nH]c12. The van der Waals surface area contributed by atoms with Crippen LogP contribution in [-0.2, 0) is 0 Å². The molecule has 3 aromatic heterocycles. The molecule has 0 spiro atoms. The molecule has 0 fully saturated rings. The van der Waals surface area contributed by atoms with Crippen LogP contribution in [-0.4, -0.2) is 36.0 Å². The molecule has 0 unspecified atom stereocenters. The van der Waals surface area contributed by atoms with Crippen molar-refractivity contribution in [2.45, 2.75) is 9.92 Å². The number of carboxylic acid groups (broad SMARTS) is 1. The van der Waals surface area contributed by atoms with Crippen LogP contribution < -0.4 is 0 Å². The molecule has 0 amide bonds. The molecule has 3 rings (SSSR count). The molecule has 0 saturated carbocycles. The number of rotatable bonds is 3. The number of pyridine rings is 1. The molecule has 0 aliphatic rings. The molecule has 0 atom stereocenters. The average Bonchev–Trinajstić information content (AvgIpc) is 2.88. The van der Waals surface area contributed by atoms with Crippen LogP contribution in [0.1, 0.15) is 10.4 Å². The Morgan fingerprint density at radius 1 is 1.32 bits per heavy atom. The van der Waals surface area contributed by atoms with E-state index in [1.54, 1.807) is 0 Å². The fourth-order valence-corrected chi connectivity index (χ4v) is 2.50. The predicted octanol–water partition coefficient (Wildman–Crippen LogP) is 1.60. The number of aromatic carboxylic acids is 1. The lowest BCUT2D eigenvalue weighted by Gasteiger charge is -2.04. The Morgan fingerprint density at radius 3 is 3.05 bits per heavy atom. The van der Waals surface area contributed by atoms with E-state index in [2.05, 4.69) is 24.9 Å². The number of aromatic nitrogens is 5. The monoisotopic (exact) mass is 273 g/mol. The standard InChI is InChI=1S/C11H7N5O2S/c17-11(18)6-1-2-12-3-7(6)19-10-8-9(14-4-13-8)15-5-16-10/h1-5H,(H,17,18)(H,13,14,15,16). The fraction of sp³-hybridized carbons (Fsp3) is 0.